The normalized spacial score (nSPS) is 23.6. The van der Waals surface area contributed by atoms with Gasteiger partial charge in [-0.2, -0.15) is 0 Å². The lowest BCUT2D eigenvalue weighted by molar-refractivity contribution is -0.137. The molecule has 2 aliphatic heterocycles. The molecule has 7 heteroatoms. The largest absolute Gasteiger partial charge is 0.346 e. The number of anilines is 1. The molecule has 0 aliphatic carbocycles. The average molecular weight is 343 g/mol. The van der Waals surface area contributed by atoms with Crippen LogP contribution in [-0.4, -0.2) is 42.1 Å². The van der Waals surface area contributed by atoms with Gasteiger partial charge >= 0.3 is 0 Å². The number of rotatable bonds is 4. The Morgan fingerprint density at radius 2 is 1.92 bits per heavy atom. The summed E-state index contributed by atoms with van der Waals surface area (Å²) in [6.07, 6.45) is 1.62. The molecule has 1 aromatic carbocycles. The molecule has 2 fully saturated rings. The van der Waals surface area contributed by atoms with Crippen molar-refractivity contribution in [1.82, 2.24) is 10.2 Å². The molecule has 1 aromatic rings. The van der Waals surface area contributed by atoms with Crippen LogP contribution in [0.15, 0.2) is 24.3 Å². The monoisotopic (exact) mass is 343 g/mol. The smallest absolute Gasteiger partial charge is 0.230 e. The van der Waals surface area contributed by atoms with E-state index in [1.54, 1.807) is 24.1 Å². The first-order chi connectivity index (χ1) is 11.9. The molecule has 0 radical (unpaired) electrons. The third-order valence-electron chi connectivity index (χ3n) is 4.80. The predicted octanol–water partition coefficient (Wildman–Crippen LogP) is 0.699. The highest BCUT2D eigenvalue weighted by molar-refractivity contribution is 6.03. The minimum absolute atomic E-state index is 0.00821. The number of benzene rings is 1. The van der Waals surface area contributed by atoms with Gasteiger partial charge in [-0.1, -0.05) is 12.1 Å². The maximum absolute atomic E-state index is 12.3. The molecule has 2 atom stereocenters. The molecule has 3 rings (SSSR count). The van der Waals surface area contributed by atoms with E-state index in [1.807, 2.05) is 12.1 Å². The van der Waals surface area contributed by atoms with E-state index < -0.39 is 0 Å². The van der Waals surface area contributed by atoms with Crippen LogP contribution in [0.2, 0.25) is 0 Å². The van der Waals surface area contributed by atoms with Crippen LogP contribution in [0.5, 0.6) is 0 Å². The molecule has 2 N–H and O–H groups in total. The van der Waals surface area contributed by atoms with Gasteiger partial charge in [-0.05, 0) is 30.5 Å². The molecule has 4 amide bonds. The zero-order valence-electron chi connectivity index (χ0n) is 14.1. The summed E-state index contributed by atoms with van der Waals surface area (Å²) in [5.41, 5.74) is 1.59. The first-order valence-corrected chi connectivity index (χ1v) is 8.40. The van der Waals surface area contributed by atoms with Crippen LogP contribution >= 0.6 is 0 Å². The van der Waals surface area contributed by atoms with Crippen molar-refractivity contribution in [2.75, 3.05) is 18.9 Å². The van der Waals surface area contributed by atoms with Crippen LogP contribution in [0, 0.1) is 11.8 Å². The zero-order valence-corrected chi connectivity index (χ0v) is 14.1. The lowest BCUT2D eigenvalue weighted by Gasteiger charge is -2.27. The number of imide groups is 1. The van der Waals surface area contributed by atoms with Crippen molar-refractivity contribution >= 4 is 29.3 Å². The average Bonchev–Trinajstić information content (AvgIpc) is 2.89. The van der Waals surface area contributed by atoms with Gasteiger partial charge in [0.1, 0.15) is 0 Å². The van der Waals surface area contributed by atoms with Crippen LogP contribution in [0.25, 0.3) is 0 Å². The van der Waals surface area contributed by atoms with Crippen molar-refractivity contribution in [3.05, 3.63) is 29.8 Å². The van der Waals surface area contributed by atoms with E-state index in [0.717, 1.165) is 5.56 Å². The van der Waals surface area contributed by atoms with Crippen molar-refractivity contribution in [1.29, 1.82) is 0 Å². The Hall–Kier alpha value is -2.70. The van der Waals surface area contributed by atoms with E-state index in [4.69, 9.17) is 0 Å². The van der Waals surface area contributed by atoms with E-state index in [1.165, 1.54) is 0 Å². The Balaban J connectivity index is 1.55. The molecule has 0 saturated carbocycles. The Morgan fingerprint density at radius 1 is 1.20 bits per heavy atom. The van der Waals surface area contributed by atoms with Crippen molar-refractivity contribution in [2.45, 2.75) is 25.7 Å². The summed E-state index contributed by atoms with van der Waals surface area (Å²) in [7, 11) is 1.74. The number of hydrogen-bond donors (Lipinski definition) is 2. The summed E-state index contributed by atoms with van der Waals surface area (Å²) >= 11 is 0. The molecule has 2 aliphatic rings. The highest BCUT2D eigenvalue weighted by Gasteiger charge is 2.30. The summed E-state index contributed by atoms with van der Waals surface area (Å²) in [5, 5.41) is 5.14. The summed E-state index contributed by atoms with van der Waals surface area (Å²) < 4.78 is 0. The number of amides is 4. The second-order valence-corrected chi connectivity index (χ2v) is 6.71. The van der Waals surface area contributed by atoms with Crippen LogP contribution < -0.4 is 10.6 Å². The third kappa shape index (κ3) is 4.04. The van der Waals surface area contributed by atoms with E-state index in [9.17, 15) is 19.2 Å². The maximum Gasteiger partial charge on any atom is 0.230 e. The summed E-state index contributed by atoms with van der Waals surface area (Å²) in [6, 6.07) is 7.23. The minimum atomic E-state index is -0.321. The van der Waals surface area contributed by atoms with Gasteiger partial charge < -0.3 is 10.2 Å². The lowest BCUT2D eigenvalue weighted by Crippen LogP contribution is -2.39. The third-order valence-corrected chi connectivity index (χ3v) is 4.80. The van der Waals surface area contributed by atoms with Crippen molar-refractivity contribution in [3.8, 4) is 0 Å². The first kappa shape index (κ1) is 17.1. The number of nitrogens with one attached hydrogen (secondary N) is 2. The van der Waals surface area contributed by atoms with Crippen molar-refractivity contribution in [2.24, 2.45) is 11.8 Å². The van der Waals surface area contributed by atoms with Gasteiger partial charge in [-0.3, -0.25) is 24.5 Å². The molecule has 0 aromatic heterocycles. The van der Waals surface area contributed by atoms with Crippen molar-refractivity contribution < 1.29 is 19.2 Å². The number of carbonyl (C=O) groups excluding carboxylic acids is 4. The van der Waals surface area contributed by atoms with Gasteiger partial charge in [0.2, 0.25) is 23.6 Å². The van der Waals surface area contributed by atoms with Gasteiger partial charge in [0.25, 0.3) is 0 Å². The minimum Gasteiger partial charge on any atom is -0.346 e. The fourth-order valence-corrected chi connectivity index (χ4v) is 3.19. The molecule has 132 valence electrons. The number of piperidine rings is 1. The fourth-order valence-electron chi connectivity index (χ4n) is 3.19. The number of carbonyl (C=O) groups is 4. The number of hydrogen-bond acceptors (Lipinski definition) is 4. The molecule has 25 heavy (non-hydrogen) atoms. The van der Waals surface area contributed by atoms with E-state index in [0.29, 0.717) is 25.1 Å². The molecule has 0 unspecified atom stereocenters. The quantitative estimate of drug-likeness (QED) is 0.787. The fraction of sp³-hybridized carbons (Fsp3) is 0.444. The first-order valence-electron chi connectivity index (χ1n) is 8.40. The Kier molecular flexibility index (Phi) is 4.83. The Bertz CT molecular complexity index is 714. The SMILES string of the molecule is CN1CC[C@H](C(=O)Nc2ccc(C[C@@H]3CC(=O)NC3=O)cc2)CC1=O. The highest BCUT2D eigenvalue weighted by Crippen LogP contribution is 2.21. The molecule has 2 heterocycles. The predicted molar refractivity (Wildman–Crippen MR) is 90.4 cm³/mol. The second kappa shape index (κ2) is 7.04. The van der Waals surface area contributed by atoms with E-state index >= 15 is 0 Å². The van der Waals surface area contributed by atoms with Crippen LogP contribution in [0.3, 0.4) is 0 Å². The molecule has 2 saturated heterocycles. The topological polar surface area (TPSA) is 95.6 Å². The highest BCUT2D eigenvalue weighted by atomic mass is 16.2. The number of likely N-dealkylation sites (tertiary alicyclic amines) is 1. The van der Waals surface area contributed by atoms with Gasteiger partial charge in [0, 0.05) is 38.0 Å². The van der Waals surface area contributed by atoms with Gasteiger partial charge in [0.15, 0.2) is 0 Å². The molecule has 0 bridgehead atoms. The summed E-state index contributed by atoms with van der Waals surface area (Å²) in [5.74, 6) is -1.23. The van der Waals surface area contributed by atoms with Gasteiger partial charge in [0.05, 0.1) is 5.92 Å². The second-order valence-electron chi connectivity index (χ2n) is 6.71. The summed E-state index contributed by atoms with van der Waals surface area (Å²) in [6.45, 7) is 0.595. The van der Waals surface area contributed by atoms with Crippen LogP contribution in [0.4, 0.5) is 5.69 Å². The Morgan fingerprint density at radius 3 is 2.52 bits per heavy atom. The van der Waals surface area contributed by atoms with Gasteiger partial charge in [-0.15, -0.1) is 0 Å². The van der Waals surface area contributed by atoms with Gasteiger partial charge in [-0.25, -0.2) is 0 Å². The van der Waals surface area contributed by atoms with E-state index in [-0.39, 0.29) is 48.3 Å². The molecular weight excluding hydrogens is 322 g/mol. The molecule has 7 nitrogen and oxygen atoms in total. The lowest BCUT2D eigenvalue weighted by atomic mass is 9.95. The van der Waals surface area contributed by atoms with Crippen LogP contribution in [0.1, 0.15) is 24.8 Å². The zero-order chi connectivity index (χ0) is 18.0. The molecular formula is C18H21N3O4. The van der Waals surface area contributed by atoms with Crippen LogP contribution in [-0.2, 0) is 25.6 Å². The standard InChI is InChI=1S/C18H21N3O4/c1-21-7-6-12(10-16(21)23)17(24)19-14-4-2-11(3-5-14)8-13-9-15(22)20-18(13)25/h2-5,12-13H,6-10H2,1H3,(H,19,24)(H,20,22,25)/t12-,13+/m0/s1. The number of nitrogens with zero attached hydrogens (tertiary/aromatic N) is 1. The summed E-state index contributed by atoms with van der Waals surface area (Å²) in [4.78, 5) is 48.5. The maximum atomic E-state index is 12.3. The van der Waals surface area contributed by atoms with Crippen molar-refractivity contribution in [3.63, 3.8) is 0 Å². The Labute approximate surface area is 145 Å². The molecule has 0 spiro atoms. The van der Waals surface area contributed by atoms with E-state index in [2.05, 4.69) is 10.6 Å².